The van der Waals surface area contributed by atoms with Gasteiger partial charge in [0.2, 0.25) is 5.91 Å². The highest BCUT2D eigenvalue weighted by Crippen LogP contribution is 2.36. The van der Waals surface area contributed by atoms with Crippen LogP contribution in [0.5, 0.6) is 5.75 Å². The van der Waals surface area contributed by atoms with E-state index >= 15 is 0 Å². The Morgan fingerprint density at radius 2 is 1.81 bits per heavy atom. The molecule has 0 spiro atoms. The first-order valence-electron chi connectivity index (χ1n) is 10.3. The SMILES string of the molecule is COCCOc1ccc(CNC(=O)Cc2sc(-c3ccccc3)nc2-c2cccs2)cc1. The molecule has 0 aliphatic heterocycles. The highest BCUT2D eigenvalue weighted by atomic mass is 32.1. The Hall–Kier alpha value is -3.00. The Bertz CT molecular complexity index is 1120. The molecule has 0 unspecified atom stereocenters. The van der Waals surface area contributed by atoms with Gasteiger partial charge in [0.25, 0.3) is 0 Å². The molecule has 2 aromatic carbocycles. The van der Waals surface area contributed by atoms with E-state index in [1.165, 1.54) is 0 Å². The lowest BCUT2D eigenvalue weighted by molar-refractivity contribution is -0.120. The van der Waals surface area contributed by atoms with Gasteiger partial charge in [-0.1, -0.05) is 48.5 Å². The van der Waals surface area contributed by atoms with Gasteiger partial charge in [0, 0.05) is 24.1 Å². The summed E-state index contributed by atoms with van der Waals surface area (Å²) in [5.41, 5.74) is 2.98. The summed E-state index contributed by atoms with van der Waals surface area (Å²) in [6, 6.07) is 21.9. The zero-order valence-electron chi connectivity index (χ0n) is 17.7. The molecule has 0 bridgehead atoms. The zero-order valence-corrected chi connectivity index (χ0v) is 19.4. The minimum Gasteiger partial charge on any atom is -0.491 e. The number of carbonyl (C=O) groups excluding carboxylic acids is 1. The fourth-order valence-electron chi connectivity index (χ4n) is 3.14. The van der Waals surface area contributed by atoms with E-state index in [4.69, 9.17) is 14.5 Å². The molecule has 0 fully saturated rings. The van der Waals surface area contributed by atoms with Crippen molar-refractivity contribution in [1.82, 2.24) is 10.3 Å². The molecular formula is C25H24N2O3S2. The molecule has 1 N–H and O–H groups in total. The molecule has 0 radical (unpaired) electrons. The fraction of sp³-hybridized carbons (Fsp3) is 0.200. The standard InChI is InChI=1S/C25H24N2O3S2/c1-29-13-14-30-20-11-9-18(10-12-20)17-26-23(28)16-22-24(21-8-5-15-31-21)27-25(32-22)19-6-3-2-4-7-19/h2-12,15H,13-14,16-17H2,1H3,(H,26,28). The number of rotatable bonds is 10. The lowest BCUT2D eigenvalue weighted by Gasteiger charge is -2.08. The van der Waals surface area contributed by atoms with E-state index in [0.29, 0.717) is 26.2 Å². The fourth-order valence-corrected chi connectivity index (χ4v) is 5.02. The molecule has 2 heterocycles. The van der Waals surface area contributed by atoms with Gasteiger partial charge in [0.15, 0.2) is 0 Å². The molecule has 164 valence electrons. The molecule has 5 nitrogen and oxygen atoms in total. The van der Waals surface area contributed by atoms with Crippen molar-refractivity contribution in [3.8, 4) is 26.9 Å². The maximum atomic E-state index is 12.7. The van der Waals surface area contributed by atoms with Crippen molar-refractivity contribution >= 4 is 28.6 Å². The Balaban J connectivity index is 1.41. The summed E-state index contributed by atoms with van der Waals surface area (Å²) in [6.07, 6.45) is 0.302. The first-order chi connectivity index (χ1) is 15.7. The number of aromatic nitrogens is 1. The quantitative estimate of drug-likeness (QED) is 0.318. The maximum Gasteiger partial charge on any atom is 0.225 e. The van der Waals surface area contributed by atoms with Crippen LogP contribution in [-0.2, 0) is 22.5 Å². The van der Waals surface area contributed by atoms with Crippen molar-refractivity contribution in [2.24, 2.45) is 0 Å². The van der Waals surface area contributed by atoms with Crippen LogP contribution in [0.2, 0.25) is 0 Å². The Morgan fingerprint density at radius 3 is 2.53 bits per heavy atom. The molecule has 0 saturated heterocycles. The minimum absolute atomic E-state index is 0.0218. The Morgan fingerprint density at radius 1 is 1.00 bits per heavy atom. The highest BCUT2D eigenvalue weighted by molar-refractivity contribution is 7.17. The van der Waals surface area contributed by atoms with E-state index in [1.54, 1.807) is 29.8 Å². The summed E-state index contributed by atoms with van der Waals surface area (Å²) in [4.78, 5) is 19.6. The molecule has 4 rings (SSSR count). The Kier molecular flexibility index (Phi) is 7.66. The highest BCUT2D eigenvalue weighted by Gasteiger charge is 2.17. The summed E-state index contributed by atoms with van der Waals surface area (Å²) in [5.74, 6) is 0.766. The summed E-state index contributed by atoms with van der Waals surface area (Å²) in [7, 11) is 1.65. The van der Waals surface area contributed by atoms with E-state index in [0.717, 1.165) is 37.3 Å². The average Bonchev–Trinajstić information content (AvgIpc) is 3.49. The summed E-state index contributed by atoms with van der Waals surface area (Å²) < 4.78 is 10.6. The zero-order chi connectivity index (χ0) is 22.2. The second-order valence-electron chi connectivity index (χ2n) is 7.07. The third-order valence-corrected chi connectivity index (χ3v) is 6.74. The second kappa shape index (κ2) is 11.0. The van der Waals surface area contributed by atoms with E-state index < -0.39 is 0 Å². The first-order valence-corrected chi connectivity index (χ1v) is 12.0. The van der Waals surface area contributed by atoms with Crippen LogP contribution in [0.1, 0.15) is 10.4 Å². The van der Waals surface area contributed by atoms with Crippen LogP contribution < -0.4 is 10.1 Å². The summed E-state index contributed by atoms with van der Waals surface area (Å²) in [6.45, 7) is 1.53. The summed E-state index contributed by atoms with van der Waals surface area (Å²) in [5, 5.41) is 5.99. The van der Waals surface area contributed by atoms with Crippen LogP contribution in [0.3, 0.4) is 0 Å². The van der Waals surface area contributed by atoms with Gasteiger partial charge in [-0.25, -0.2) is 4.98 Å². The number of thiophene rings is 1. The number of ether oxygens (including phenoxy) is 2. The topological polar surface area (TPSA) is 60.5 Å². The van der Waals surface area contributed by atoms with Gasteiger partial charge in [0.1, 0.15) is 17.4 Å². The molecule has 2 aromatic heterocycles. The number of hydrogen-bond acceptors (Lipinski definition) is 6. The van der Waals surface area contributed by atoms with Gasteiger partial charge < -0.3 is 14.8 Å². The normalized spacial score (nSPS) is 10.8. The Labute approximate surface area is 195 Å². The van der Waals surface area contributed by atoms with Gasteiger partial charge in [-0.2, -0.15) is 0 Å². The molecular weight excluding hydrogens is 440 g/mol. The van der Waals surface area contributed by atoms with Crippen LogP contribution in [0.15, 0.2) is 72.1 Å². The monoisotopic (exact) mass is 464 g/mol. The van der Waals surface area contributed by atoms with Crippen molar-refractivity contribution in [2.45, 2.75) is 13.0 Å². The van der Waals surface area contributed by atoms with E-state index in [1.807, 2.05) is 72.1 Å². The van der Waals surface area contributed by atoms with E-state index in [2.05, 4.69) is 5.32 Å². The number of hydrogen-bond donors (Lipinski definition) is 1. The minimum atomic E-state index is -0.0218. The number of nitrogens with zero attached hydrogens (tertiary/aromatic N) is 1. The van der Waals surface area contributed by atoms with Crippen LogP contribution in [0, 0.1) is 0 Å². The first kappa shape index (κ1) is 22.2. The van der Waals surface area contributed by atoms with Crippen LogP contribution in [0.25, 0.3) is 21.1 Å². The predicted molar refractivity (Wildman–Crippen MR) is 130 cm³/mol. The van der Waals surface area contributed by atoms with Crippen LogP contribution >= 0.6 is 22.7 Å². The third kappa shape index (κ3) is 5.82. The van der Waals surface area contributed by atoms with Crippen molar-refractivity contribution in [3.05, 3.63) is 82.6 Å². The van der Waals surface area contributed by atoms with Crippen molar-refractivity contribution in [3.63, 3.8) is 0 Å². The lowest BCUT2D eigenvalue weighted by atomic mass is 10.2. The maximum absolute atomic E-state index is 12.7. The number of benzene rings is 2. The number of nitrogens with one attached hydrogen (secondary N) is 1. The molecule has 0 atom stereocenters. The van der Waals surface area contributed by atoms with Gasteiger partial charge in [-0.3, -0.25) is 4.79 Å². The molecule has 4 aromatic rings. The van der Waals surface area contributed by atoms with Crippen LogP contribution in [0.4, 0.5) is 0 Å². The number of carbonyl (C=O) groups is 1. The molecule has 7 heteroatoms. The second-order valence-corrected chi connectivity index (χ2v) is 9.10. The third-order valence-electron chi connectivity index (χ3n) is 4.76. The number of thiazole rings is 1. The molecule has 1 amide bonds. The van der Waals surface area contributed by atoms with Gasteiger partial charge in [-0.15, -0.1) is 22.7 Å². The molecule has 0 aliphatic rings. The van der Waals surface area contributed by atoms with Gasteiger partial charge >= 0.3 is 0 Å². The molecule has 0 saturated carbocycles. The largest absolute Gasteiger partial charge is 0.491 e. The van der Waals surface area contributed by atoms with Gasteiger partial charge in [0.05, 0.1) is 23.6 Å². The van der Waals surface area contributed by atoms with Crippen molar-refractivity contribution < 1.29 is 14.3 Å². The lowest BCUT2D eigenvalue weighted by Crippen LogP contribution is -2.24. The smallest absolute Gasteiger partial charge is 0.225 e. The number of amides is 1. The van der Waals surface area contributed by atoms with Crippen molar-refractivity contribution in [2.75, 3.05) is 20.3 Å². The van der Waals surface area contributed by atoms with Crippen molar-refractivity contribution in [1.29, 1.82) is 0 Å². The summed E-state index contributed by atoms with van der Waals surface area (Å²) >= 11 is 3.22. The van der Waals surface area contributed by atoms with Crippen LogP contribution in [-0.4, -0.2) is 31.2 Å². The molecule has 0 aliphatic carbocycles. The van der Waals surface area contributed by atoms with Gasteiger partial charge in [-0.05, 0) is 29.1 Å². The number of methoxy groups -OCH3 is 1. The predicted octanol–water partition coefficient (Wildman–Crippen LogP) is 5.42. The van der Waals surface area contributed by atoms with E-state index in [-0.39, 0.29) is 5.91 Å². The van der Waals surface area contributed by atoms with E-state index in [9.17, 15) is 4.79 Å². The molecule has 32 heavy (non-hydrogen) atoms. The average molecular weight is 465 g/mol.